The number of nitrogens with one attached hydrogen (secondary N) is 1. The molecule has 0 bridgehead atoms. The van der Waals surface area contributed by atoms with Crippen molar-refractivity contribution in [3.05, 3.63) is 109 Å². The third kappa shape index (κ3) is 4.68. The summed E-state index contributed by atoms with van der Waals surface area (Å²) in [4.78, 5) is 12.6. The van der Waals surface area contributed by atoms with Crippen LogP contribution in [0.2, 0.25) is 0 Å². The van der Waals surface area contributed by atoms with Crippen molar-refractivity contribution in [1.82, 2.24) is 25.1 Å². The molecule has 0 aliphatic rings. The molecule has 0 spiro atoms. The predicted octanol–water partition coefficient (Wildman–Crippen LogP) is 6.41. The predicted molar refractivity (Wildman–Crippen MR) is 144 cm³/mol. The van der Waals surface area contributed by atoms with Gasteiger partial charge in [-0.1, -0.05) is 24.3 Å². The van der Waals surface area contributed by atoms with Crippen LogP contribution >= 0.6 is 0 Å². The van der Waals surface area contributed by atoms with Gasteiger partial charge in [-0.25, -0.2) is 19.3 Å². The number of anilines is 3. The van der Waals surface area contributed by atoms with Crippen molar-refractivity contribution < 1.29 is 9.13 Å². The molecule has 0 amide bonds. The van der Waals surface area contributed by atoms with E-state index in [1.165, 1.54) is 12.1 Å². The minimum atomic E-state index is -0.297. The Labute approximate surface area is 217 Å². The molecule has 0 saturated carbocycles. The first-order chi connectivity index (χ1) is 18.6. The highest BCUT2D eigenvalue weighted by molar-refractivity contribution is 6.00. The van der Waals surface area contributed by atoms with Gasteiger partial charge in [0.1, 0.15) is 17.3 Å². The van der Waals surface area contributed by atoms with Crippen LogP contribution in [0.25, 0.3) is 33.3 Å². The molecule has 0 aliphatic heterocycles. The summed E-state index contributed by atoms with van der Waals surface area (Å²) in [5.74, 6) is 1.48. The Balaban J connectivity index is 1.25. The van der Waals surface area contributed by atoms with Crippen molar-refractivity contribution in [3.8, 4) is 34.1 Å². The molecule has 3 aromatic heterocycles. The van der Waals surface area contributed by atoms with E-state index in [0.29, 0.717) is 34.4 Å². The molecule has 0 fully saturated rings. The highest BCUT2D eigenvalue weighted by Gasteiger charge is 2.13. The van der Waals surface area contributed by atoms with Gasteiger partial charge in [-0.3, -0.25) is 0 Å². The Morgan fingerprint density at radius 2 is 1.53 bits per heavy atom. The van der Waals surface area contributed by atoms with Crippen LogP contribution in [0.4, 0.5) is 21.8 Å². The molecule has 9 heteroatoms. The second kappa shape index (κ2) is 9.90. The van der Waals surface area contributed by atoms with E-state index in [-0.39, 0.29) is 11.8 Å². The first-order valence-electron chi connectivity index (χ1n) is 11.7. The average molecular weight is 502 g/mol. The van der Waals surface area contributed by atoms with E-state index in [4.69, 9.17) is 10.5 Å². The van der Waals surface area contributed by atoms with Gasteiger partial charge in [0.15, 0.2) is 5.82 Å². The molecule has 0 aliphatic carbocycles. The molecule has 0 atom stereocenters. The average Bonchev–Trinajstić information content (AvgIpc) is 2.95. The Hall–Kier alpha value is -5.44. The van der Waals surface area contributed by atoms with E-state index < -0.39 is 0 Å². The lowest BCUT2D eigenvalue weighted by Gasteiger charge is -2.12. The third-order valence-corrected chi connectivity index (χ3v) is 5.86. The van der Waals surface area contributed by atoms with Crippen molar-refractivity contribution in [3.63, 3.8) is 0 Å². The van der Waals surface area contributed by atoms with E-state index in [9.17, 15) is 4.39 Å². The number of rotatable bonds is 6. The normalized spacial score (nSPS) is 10.9. The SMILES string of the molecule is Nc1nccc(-c2cccnc2Oc2ccc(Nc3nnc(-c4ccc(F)cc4)c4ccccc34)cc2)n1. The summed E-state index contributed by atoms with van der Waals surface area (Å²) in [6, 6.07) is 26.9. The number of benzene rings is 3. The van der Waals surface area contributed by atoms with Crippen molar-refractivity contribution in [1.29, 1.82) is 0 Å². The van der Waals surface area contributed by atoms with Gasteiger partial charge < -0.3 is 15.8 Å². The second-order valence-electron chi connectivity index (χ2n) is 8.36. The van der Waals surface area contributed by atoms with Gasteiger partial charge in [0.25, 0.3) is 0 Å². The standard InChI is InChI=1S/C29H20FN7O/c30-19-9-7-18(8-10-19)26-22-4-1-2-5-23(22)27(37-36-26)34-20-11-13-21(14-12-20)38-28-24(6-3-16-32-28)25-15-17-33-29(31)35-25/h1-17H,(H,34,37)(H2,31,33,35). The molecule has 3 N–H and O–H groups in total. The molecule has 6 rings (SSSR count). The van der Waals surface area contributed by atoms with Crippen LogP contribution in [0.15, 0.2) is 103 Å². The van der Waals surface area contributed by atoms with Crippen LogP contribution in [0.1, 0.15) is 0 Å². The van der Waals surface area contributed by atoms with Crippen LogP contribution in [-0.2, 0) is 0 Å². The van der Waals surface area contributed by atoms with Crippen LogP contribution in [0, 0.1) is 5.82 Å². The zero-order valence-electron chi connectivity index (χ0n) is 19.9. The van der Waals surface area contributed by atoms with E-state index in [1.54, 1.807) is 36.7 Å². The maximum Gasteiger partial charge on any atom is 0.228 e. The van der Waals surface area contributed by atoms with E-state index in [0.717, 1.165) is 22.0 Å². The first kappa shape index (κ1) is 23.0. The fraction of sp³-hybridized carbons (Fsp3) is 0. The molecule has 38 heavy (non-hydrogen) atoms. The van der Waals surface area contributed by atoms with Crippen LogP contribution in [0.3, 0.4) is 0 Å². The van der Waals surface area contributed by atoms with Crippen LogP contribution < -0.4 is 15.8 Å². The number of ether oxygens (including phenoxy) is 1. The summed E-state index contributed by atoms with van der Waals surface area (Å²) in [6.45, 7) is 0. The zero-order valence-corrected chi connectivity index (χ0v) is 19.9. The first-order valence-corrected chi connectivity index (χ1v) is 11.7. The molecule has 6 aromatic rings. The molecule has 3 aromatic carbocycles. The fourth-order valence-corrected chi connectivity index (χ4v) is 4.06. The van der Waals surface area contributed by atoms with Gasteiger partial charge in [-0.2, -0.15) is 0 Å². The van der Waals surface area contributed by atoms with Crippen molar-refractivity contribution in [2.45, 2.75) is 0 Å². The lowest BCUT2D eigenvalue weighted by molar-refractivity contribution is 0.465. The van der Waals surface area contributed by atoms with E-state index in [2.05, 4.69) is 30.5 Å². The lowest BCUT2D eigenvalue weighted by Crippen LogP contribution is -1.99. The number of aromatic nitrogens is 5. The van der Waals surface area contributed by atoms with Gasteiger partial charge in [0, 0.05) is 34.4 Å². The second-order valence-corrected chi connectivity index (χ2v) is 8.36. The summed E-state index contributed by atoms with van der Waals surface area (Å²) < 4.78 is 19.5. The van der Waals surface area contributed by atoms with Gasteiger partial charge in [-0.05, 0) is 66.7 Å². The Bertz CT molecular complexity index is 1740. The van der Waals surface area contributed by atoms with Gasteiger partial charge in [0.05, 0.1) is 11.3 Å². The van der Waals surface area contributed by atoms with E-state index >= 15 is 0 Å². The number of hydrogen-bond donors (Lipinski definition) is 2. The molecule has 0 radical (unpaired) electrons. The van der Waals surface area contributed by atoms with Gasteiger partial charge in [0.2, 0.25) is 11.8 Å². The maximum atomic E-state index is 13.4. The number of hydrogen-bond acceptors (Lipinski definition) is 8. The number of pyridine rings is 1. The maximum absolute atomic E-state index is 13.4. The molecule has 184 valence electrons. The summed E-state index contributed by atoms with van der Waals surface area (Å²) in [6.07, 6.45) is 3.24. The minimum Gasteiger partial charge on any atom is -0.438 e. The fourth-order valence-electron chi connectivity index (χ4n) is 4.06. The smallest absolute Gasteiger partial charge is 0.228 e. The van der Waals surface area contributed by atoms with Crippen molar-refractivity contribution >= 4 is 28.2 Å². The number of nitrogens with two attached hydrogens (primary N) is 1. The van der Waals surface area contributed by atoms with Crippen molar-refractivity contribution in [2.75, 3.05) is 11.1 Å². The Morgan fingerprint density at radius 1 is 0.737 bits per heavy atom. The quantitative estimate of drug-likeness (QED) is 0.269. The van der Waals surface area contributed by atoms with Gasteiger partial charge >= 0.3 is 0 Å². The number of nitrogen functional groups attached to an aromatic ring is 1. The topological polar surface area (TPSA) is 112 Å². The number of halogens is 1. The van der Waals surface area contributed by atoms with Gasteiger partial charge in [-0.15, -0.1) is 10.2 Å². The summed E-state index contributed by atoms with van der Waals surface area (Å²) in [5.41, 5.74) is 9.34. The molecule has 0 saturated heterocycles. The molecule has 3 heterocycles. The molecule has 0 unspecified atom stereocenters. The summed E-state index contributed by atoms with van der Waals surface area (Å²) in [7, 11) is 0. The Morgan fingerprint density at radius 3 is 2.32 bits per heavy atom. The minimum absolute atomic E-state index is 0.175. The van der Waals surface area contributed by atoms with Crippen LogP contribution in [-0.4, -0.2) is 25.1 Å². The Kier molecular flexibility index (Phi) is 5.99. The highest BCUT2D eigenvalue weighted by Crippen LogP contribution is 2.33. The highest BCUT2D eigenvalue weighted by atomic mass is 19.1. The monoisotopic (exact) mass is 501 g/mol. The summed E-state index contributed by atoms with van der Waals surface area (Å²) >= 11 is 0. The summed E-state index contributed by atoms with van der Waals surface area (Å²) in [5, 5.41) is 14.0. The molecular formula is C29H20FN7O. The zero-order chi connectivity index (χ0) is 25.9. The lowest BCUT2D eigenvalue weighted by atomic mass is 10.0. The number of nitrogens with zero attached hydrogens (tertiary/aromatic N) is 5. The third-order valence-electron chi connectivity index (χ3n) is 5.86. The number of fused-ring (bicyclic) bond motifs is 1. The van der Waals surface area contributed by atoms with Crippen molar-refractivity contribution in [2.24, 2.45) is 0 Å². The van der Waals surface area contributed by atoms with Crippen LogP contribution in [0.5, 0.6) is 11.6 Å². The molecule has 8 nitrogen and oxygen atoms in total. The largest absolute Gasteiger partial charge is 0.438 e. The van der Waals surface area contributed by atoms with E-state index in [1.807, 2.05) is 54.6 Å². The molecular weight excluding hydrogens is 481 g/mol.